The van der Waals surface area contributed by atoms with Crippen LogP contribution in [0, 0.1) is 5.92 Å². The van der Waals surface area contributed by atoms with Crippen LogP contribution in [-0.4, -0.2) is 52.3 Å². The van der Waals surface area contributed by atoms with Crippen LogP contribution < -0.4 is 0 Å². The molecule has 6 nitrogen and oxygen atoms in total. The molecule has 2 fully saturated rings. The Hall–Kier alpha value is -1.82. The smallest absolute Gasteiger partial charge is 0.311 e. The van der Waals surface area contributed by atoms with Crippen LogP contribution in [0.1, 0.15) is 36.3 Å². The zero-order chi connectivity index (χ0) is 15.0. The topological polar surface area (TPSA) is 71.8 Å². The van der Waals surface area contributed by atoms with Crippen LogP contribution in [0.5, 0.6) is 0 Å². The van der Waals surface area contributed by atoms with Crippen LogP contribution in [0.2, 0.25) is 0 Å². The Kier molecular flexibility index (Phi) is 3.71. The van der Waals surface area contributed by atoms with Gasteiger partial charge in [-0.15, -0.1) is 0 Å². The Bertz CT molecular complexity index is 550. The maximum atomic E-state index is 12.8. The van der Waals surface area contributed by atoms with Crippen LogP contribution in [0.25, 0.3) is 0 Å². The first-order chi connectivity index (χ1) is 10.1. The molecule has 0 bridgehead atoms. The standard InChI is InChI=1S/C15H20N2O4/c1-2-16(13-9-21-8-11(13)15(19)20)14(18)12-4-3-7-17(12)10-5-6-10/h3-4,7,10-11,13H,2,5-6,8-9H2,1H3,(H,19,20). The lowest BCUT2D eigenvalue weighted by molar-refractivity contribution is -0.142. The fourth-order valence-electron chi connectivity index (χ4n) is 3.01. The molecule has 2 heterocycles. The first kappa shape index (κ1) is 14.1. The third-order valence-corrected chi connectivity index (χ3v) is 4.31. The molecule has 1 saturated carbocycles. The molecule has 2 unspecified atom stereocenters. The first-order valence-corrected chi connectivity index (χ1v) is 7.41. The van der Waals surface area contributed by atoms with Gasteiger partial charge in [0.25, 0.3) is 5.91 Å². The van der Waals surface area contributed by atoms with Gasteiger partial charge in [0, 0.05) is 18.8 Å². The van der Waals surface area contributed by atoms with Gasteiger partial charge in [0.1, 0.15) is 11.6 Å². The predicted molar refractivity (Wildman–Crippen MR) is 75.1 cm³/mol. The number of carboxylic acids is 1. The van der Waals surface area contributed by atoms with Crippen molar-refractivity contribution >= 4 is 11.9 Å². The van der Waals surface area contributed by atoms with Gasteiger partial charge >= 0.3 is 5.97 Å². The number of carbonyl (C=O) groups is 2. The Labute approximate surface area is 123 Å². The Morgan fingerprint density at radius 1 is 1.43 bits per heavy atom. The molecule has 2 atom stereocenters. The van der Waals surface area contributed by atoms with Crippen molar-refractivity contribution in [2.45, 2.75) is 31.8 Å². The summed E-state index contributed by atoms with van der Waals surface area (Å²) in [4.78, 5) is 25.7. The fourth-order valence-corrected chi connectivity index (χ4v) is 3.01. The number of carbonyl (C=O) groups excluding carboxylic acids is 1. The van der Waals surface area contributed by atoms with E-state index in [0.29, 0.717) is 24.9 Å². The molecule has 1 aliphatic carbocycles. The molecule has 21 heavy (non-hydrogen) atoms. The van der Waals surface area contributed by atoms with Crippen molar-refractivity contribution in [1.82, 2.24) is 9.47 Å². The van der Waals surface area contributed by atoms with E-state index in [2.05, 4.69) is 0 Å². The average Bonchev–Trinajstić information content (AvgIpc) is 3.01. The number of carboxylic acid groups (broad SMARTS) is 1. The maximum absolute atomic E-state index is 12.8. The van der Waals surface area contributed by atoms with Crippen molar-refractivity contribution in [1.29, 1.82) is 0 Å². The number of aromatic nitrogens is 1. The van der Waals surface area contributed by atoms with Gasteiger partial charge in [0.05, 0.1) is 19.3 Å². The summed E-state index contributed by atoms with van der Waals surface area (Å²) in [5, 5.41) is 9.27. The van der Waals surface area contributed by atoms with Gasteiger partial charge in [0.15, 0.2) is 0 Å². The van der Waals surface area contributed by atoms with E-state index in [0.717, 1.165) is 12.8 Å². The van der Waals surface area contributed by atoms with E-state index in [4.69, 9.17) is 4.74 Å². The van der Waals surface area contributed by atoms with Gasteiger partial charge in [-0.2, -0.15) is 0 Å². The molecule has 1 aliphatic heterocycles. The van der Waals surface area contributed by atoms with E-state index in [-0.39, 0.29) is 18.6 Å². The molecule has 1 aromatic rings. The third kappa shape index (κ3) is 2.55. The summed E-state index contributed by atoms with van der Waals surface area (Å²) in [6, 6.07) is 3.73. The minimum absolute atomic E-state index is 0.101. The molecular formula is C15H20N2O4. The summed E-state index contributed by atoms with van der Waals surface area (Å²) < 4.78 is 7.30. The highest BCUT2D eigenvalue weighted by Crippen LogP contribution is 2.36. The van der Waals surface area contributed by atoms with Crippen molar-refractivity contribution in [2.75, 3.05) is 19.8 Å². The van der Waals surface area contributed by atoms with E-state index >= 15 is 0 Å². The second-order valence-electron chi connectivity index (χ2n) is 5.67. The summed E-state index contributed by atoms with van der Waals surface area (Å²) in [7, 11) is 0. The summed E-state index contributed by atoms with van der Waals surface area (Å²) in [5.41, 5.74) is 0.649. The molecule has 0 radical (unpaired) electrons. The zero-order valence-corrected chi connectivity index (χ0v) is 12.1. The Morgan fingerprint density at radius 2 is 2.19 bits per heavy atom. The van der Waals surface area contributed by atoms with E-state index in [1.54, 1.807) is 4.90 Å². The molecule has 0 aromatic carbocycles. The summed E-state index contributed by atoms with van der Waals surface area (Å²) in [6.45, 7) is 2.82. The van der Waals surface area contributed by atoms with Gasteiger partial charge in [-0.05, 0) is 31.9 Å². The van der Waals surface area contributed by atoms with Crippen LogP contribution in [-0.2, 0) is 9.53 Å². The molecule has 1 aromatic heterocycles. The minimum Gasteiger partial charge on any atom is -0.481 e. The van der Waals surface area contributed by atoms with Gasteiger partial charge in [-0.25, -0.2) is 0 Å². The SMILES string of the molecule is CCN(C(=O)c1cccn1C1CC1)C1COCC1C(=O)O. The summed E-state index contributed by atoms with van der Waals surface area (Å²) in [5.74, 6) is -1.64. The first-order valence-electron chi connectivity index (χ1n) is 7.41. The van der Waals surface area contributed by atoms with E-state index in [1.807, 2.05) is 29.8 Å². The number of amides is 1. The van der Waals surface area contributed by atoms with Gasteiger partial charge in [-0.3, -0.25) is 9.59 Å². The van der Waals surface area contributed by atoms with E-state index in [9.17, 15) is 14.7 Å². The normalized spacial score (nSPS) is 25.0. The number of rotatable bonds is 5. The Balaban J connectivity index is 1.83. The second-order valence-corrected chi connectivity index (χ2v) is 5.67. The van der Waals surface area contributed by atoms with Crippen LogP contribution >= 0.6 is 0 Å². The Morgan fingerprint density at radius 3 is 2.81 bits per heavy atom. The molecular weight excluding hydrogens is 272 g/mol. The highest BCUT2D eigenvalue weighted by molar-refractivity contribution is 5.93. The van der Waals surface area contributed by atoms with E-state index < -0.39 is 11.9 Å². The molecule has 1 amide bonds. The fraction of sp³-hybridized carbons (Fsp3) is 0.600. The van der Waals surface area contributed by atoms with Crippen molar-refractivity contribution < 1.29 is 19.4 Å². The predicted octanol–water partition coefficient (Wildman–Crippen LogP) is 1.38. The quantitative estimate of drug-likeness (QED) is 0.890. The van der Waals surface area contributed by atoms with Gasteiger partial charge in [-0.1, -0.05) is 0 Å². The molecule has 2 aliphatic rings. The van der Waals surface area contributed by atoms with Crippen LogP contribution in [0.15, 0.2) is 18.3 Å². The lowest BCUT2D eigenvalue weighted by Gasteiger charge is -2.29. The van der Waals surface area contributed by atoms with Crippen molar-refractivity contribution in [3.8, 4) is 0 Å². The summed E-state index contributed by atoms with van der Waals surface area (Å²) >= 11 is 0. The largest absolute Gasteiger partial charge is 0.481 e. The van der Waals surface area contributed by atoms with Crippen LogP contribution in [0.4, 0.5) is 0 Å². The monoisotopic (exact) mass is 292 g/mol. The molecule has 3 rings (SSSR count). The lowest BCUT2D eigenvalue weighted by atomic mass is 10.0. The lowest BCUT2D eigenvalue weighted by Crippen LogP contribution is -2.46. The minimum atomic E-state index is -0.902. The van der Waals surface area contributed by atoms with Crippen molar-refractivity contribution in [2.24, 2.45) is 5.92 Å². The maximum Gasteiger partial charge on any atom is 0.311 e. The number of hydrogen-bond acceptors (Lipinski definition) is 3. The summed E-state index contributed by atoms with van der Waals surface area (Å²) in [6.07, 6.45) is 4.13. The van der Waals surface area contributed by atoms with Crippen LogP contribution in [0.3, 0.4) is 0 Å². The molecule has 1 N–H and O–H groups in total. The van der Waals surface area contributed by atoms with Gasteiger partial charge in [0.2, 0.25) is 0 Å². The number of likely N-dealkylation sites (N-methyl/N-ethyl adjacent to an activating group) is 1. The van der Waals surface area contributed by atoms with E-state index in [1.165, 1.54) is 0 Å². The highest BCUT2D eigenvalue weighted by atomic mass is 16.5. The molecule has 1 saturated heterocycles. The van der Waals surface area contributed by atoms with Gasteiger partial charge < -0.3 is 19.3 Å². The van der Waals surface area contributed by atoms with Crippen molar-refractivity contribution in [3.05, 3.63) is 24.0 Å². The van der Waals surface area contributed by atoms with Crippen molar-refractivity contribution in [3.63, 3.8) is 0 Å². The molecule has 0 spiro atoms. The number of aliphatic carboxylic acids is 1. The number of ether oxygens (including phenoxy) is 1. The molecule has 6 heteroatoms. The second kappa shape index (κ2) is 5.52. The molecule has 114 valence electrons. The average molecular weight is 292 g/mol. The highest BCUT2D eigenvalue weighted by Gasteiger charge is 2.40. The zero-order valence-electron chi connectivity index (χ0n) is 12.1. The third-order valence-electron chi connectivity index (χ3n) is 4.31. The number of hydrogen-bond donors (Lipinski definition) is 1. The number of nitrogens with zero attached hydrogens (tertiary/aromatic N) is 2.